The molecule has 0 saturated heterocycles. The van der Waals surface area contributed by atoms with Crippen LogP contribution in [0, 0.1) is 52.3 Å². The summed E-state index contributed by atoms with van der Waals surface area (Å²) >= 11 is 0. The Labute approximate surface area is 180 Å². The smallest absolute Gasteiger partial charge is 0.0543 e. The van der Waals surface area contributed by atoms with E-state index in [1.54, 1.807) is 0 Å². The van der Waals surface area contributed by atoms with Crippen molar-refractivity contribution in [3.63, 3.8) is 0 Å². The monoisotopic (exact) mass is 403 g/mol. The zero-order chi connectivity index (χ0) is 21.0. The Kier molecular flexibility index (Phi) is 6.19. The Morgan fingerprint density at radius 1 is 0.897 bits per heavy atom. The van der Waals surface area contributed by atoms with Crippen molar-refractivity contribution in [2.75, 3.05) is 0 Å². The molecule has 0 aliphatic heterocycles. The lowest BCUT2D eigenvalue weighted by molar-refractivity contribution is -0.136. The highest BCUT2D eigenvalue weighted by atomic mass is 16.3. The van der Waals surface area contributed by atoms with E-state index in [1.165, 1.54) is 51.4 Å². The third-order valence-corrected chi connectivity index (χ3v) is 10.9. The van der Waals surface area contributed by atoms with E-state index in [0.29, 0.717) is 22.8 Å². The highest BCUT2D eigenvalue weighted by Crippen LogP contribution is 2.68. The summed E-state index contributed by atoms with van der Waals surface area (Å²) in [5, 5.41) is 10.3. The van der Waals surface area contributed by atoms with Gasteiger partial charge in [0.15, 0.2) is 0 Å². The predicted molar refractivity (Wildman–Crippen MR) is 122 cm³/mol. The lowest BCUT2D eigenvalue weighted by atomic mass is 9.43. The van der Waals surface area contributed by atoms with Gasteiger partial charge in [-0.25, -0.2) is 0 Å². The van der Waals surface area contributed by atoms with Gasteiger partial charge in [-0.05, 0) is 104 Å². The number of rotatable bonds is 5. The fourth-order valence-electron chi connectivity index (χ4n) is 9.32. The van der Waals surface area contributed by atoms with Gasteiger partial charge >= 0.3 is 0 Å². The van der Waals surface area contributed by atoms with Gasteiger partial charge in [0.05, 0.1) is 6.10 Å². The minimum absolute atomic E-state index is 0.0757. The summed E-state index contributed by atoms with van der Waals surface area (Å²) in [6.45, 7) is 12.5. The molecule has 0 amide bonds. The van der Waals surface area contributed by atoms with Crippen molar-refractivity contribution < 1.29 is 5.11 Å². The molecule has 0 bridgehead atoms. The molecule has 4 aliphatic carbocycles. The maximum absolute atomic E-state index is 10.3. The molecule has 10 atom stereocenters. The van der Waals surface area contributed by atoms with Crippen LogP contribution in [0.4, 0.5) is 0 Å². The first-order chi connectivity index (χ1) is 13.7. The first-order valence-corrected chi connectivity index (χ1v) is 13.1. The van der Waals surface area contributed by atoms with Crippen molar-refractivity contribution in [3.05, 3.63) is 0 Å². The summed E-state index contributed by atoms with van der Waals surface area (Å²) in [7, 11) is 0. The largest absolute Gasteiger partial charge is 0.393 e. The van der Waals surface area contributed by atoms with Gasteiger partial charge in [-0.15, -0.1) is 0 Å². The third-order valence-electron chi connectivity index (χ3n) is 10.9. The molecule has 3 N–H and O–H groups in total. The highest BCUT2D eigenvalue weighted by molar-refractivity contribution is 5.12. The van der Waals surface area contributed by atoms with Crippen molar-refractivity contribution in [1.29, 1.82) is 0 Å². The standard InChI is InChI=1S/C27H49NO/c1-17(2)7-6-8-18(3)21-9-10-22-25-23(12-14-27(21,22)5)26(4)13-11-20(29)15-19(26)16-24(25)28/h17-25,29H,6-16,28H2,1-5H3/t18-,19?,20+,21?,22?,23?,24?,25?,26+,27-/m1/s1. The van der Waals surface area contributed by atoms with Crippen LogP contribution in [0.1, 0.15) is 105 Å². The lowest BCUT2D eigenvalue weighted by Gasteiger charge is -2.63. The molecule has 6 unspecified atom stereocenters. The molecule has 4 aliphatic rings. The SMILES string of the molecule is CC(C)CCC[C@@H](C)C1CCC2C3C(N)CC4C[C@@H](O)CC[C@]4(C)C3CC[C@@]21C. The summed E-state index contributed by atoms with van der Waals surface area (Å²) in [4.78, 5) is 0. The molecule has 0 heterocycles. The maximum atomic E-state index is 10.3. The molecule has 4 rings (SSSR count). The Morgan fingerprint density at radius 3 is 2.31 bits per heavy atom. The predicted octanol–water partition coefficient (Wildman–Crippen LogP) is 6.41. The van der Waals surface area contributed by atoms with Crippen LogP contribution in [0.2, 0.25) is 0 Å². The average Bonchev–Trinajstić information content (AvgIpc) is 3.00. The van der Waals surface area contributed by atoms with Gasteiger partial charge in [-0.1, -0.05) is 53.9 Å². The molecule has 0 aromatic heterocycles. The van der Waals surface area contributed by atoms with Crippen LogP contribution in [-0.4, -0.2) is 17.3 Å². The van der Waals surface area contributed by atoms with Gasteiger partial charge in [0.25, 0.3) is 0 Å². The van der Waals surface area contributed by atoms with E-state index in [9.17, 15) is 5.11 Å². The molecule has 4 fully saturated rings. The Bertz CT molecular complexity index is 575. The van der Waals surface area contributed by atoms with E-state index in [0.717, 1.165) is 54.8 Å². The number of aliphatic hydroxyl groups excluding tert-OH is 1. The molecular formula is C27H49NO. The van der Waals surface area contributed by atoms with Gasteiger partial charge < -0.3 is 10.8 Å². The van der Waals surface area contributed by atoms with Crippen LogP contribution < -0.4 is 5.73 Å². The zero-order valence-corrected chi connectivity index (χ0v) is 20.0. The van der Waals surface area contributed by atoms with E-state index < -0.39 is 0 Å². The molecule has 2 heteroatoms. The second-order valence-electron chi connectivity index (χ2n) is 12.9. The second kappa shape index (κ2) is 8.12. The van der Waals surface area contributed by atoms with Crippen LogP contribution in [0.5, 0.6) is 0 Å². The van der Waals surface area contributed by atoms with Gasteiger partial charge in [-0.3, -0.25) is 0 Å². The number of fused-ring (bicyclic) bond motifs is 5. The van der Waals surface area contributed by atoms with Crippen LogP contribution in [0.25, 0.3) is 0 Å². The zero-order valence-electron chi connectivity index (χ0n) is 20.0. The fourth-order valence-corrected chi connectivity index (χ4v) is 9.32. The molecule has 168 valence electrons. The number of aliphatic hydroxyl groups is 1. The van der Waals surface area contributed by atoms with Crippen LogP contribution >= 0.6 is 0 Å². The second-order valence-corrected chi connectivity index (χ2v) is 12.9. The summed E-state index contributed by atoms with van der Waals surface area (Å²) in [6, 6.07) is 0.364. The maximum Gasteiger partial charge on any atom is 0.0543 e. The van der Waals surface area contributed by atoms with E-state index >= 15 is 0 Å². The lowest BCUT2D eigenvalue weighted by Crippen LogP contribution is -2.60. The molecule has 0 radical (unpaired) electrons. The molecule has 0 aromatic carbocycles. The van der Waals surface area contributed by atoms with Crippen LogP contribution in [-0.2, 0) is 0 Å². The van der Waals surface area contributed by atoms with Gasteiger partial charge in [-0.2, -0.15) is 0 Å². The first-order valence-electron chi connectivity index (χ1n) is 13.1. The third kappa shape index (κ3) is 3.73. The molecule has 2 nitrogen and oxygen atoms in total. The average molecular weight is 404 g/mol. The van der Waals surface area contributed by atoms with E-state index in [-0.39, 0.29) is 6.10 Å². The molecule has 0 spiro atoms. The van der Waals surface area contributed by atoms with Crippen molar-refractivity contribution >= 4 is 0 Å². The normalized spacial score (nSPS) is 50.7. The molecular weight excluding hydrogens is 354 g/mol. The molecule has 29 heavy (non-hydrogen) atoms. The Balaban J connectivity index is 1.50. The molecule has 4 saturated carbocycles. The van der Waals surface area contributed by atoms with Crippen molar-refractivity contribution in [1.82, 2.24) is 0 Å². The Hall–Kier alpha value is -0.0800. The highest BCUT2D eigenvalue weighted by Gasteiger charge is 2.62. The van der Waals surface area contributed by atoms with Crippen LogP contribution in [0.3, 0.4) is 0 Å². The van der Waals surface area contributed by atoms with Crippen molar-refractivity contribution in [2.45, 2.75) is 117 Å². The Morgan fingerprint density at radius 2 is 1.59 bits per heavy atom. The van der Waals surface area contributed by atoms with Gasteiger partial charge in [0.2, 0.25) is 0 Å². The van der Waals surface area contributed by atoms with E-state index in [1.807, 2.05) is 0 Å². The minimum atomic E-state index is -0.0757. The fraction of sp³-hybridized carbons (Fsp3) is 1.00. The topological polar surface area (TPSA) is 46.2 Å². The first kappa shape index (κ1) is 22.1. The summed E-state index contributed by atoms with van der Waals surface area (Å²) in [5.41, 5.74) is 7.92. The van der Waals surface area contributed by atoms with E-state index in [4.69, 9.17) is 5.73 Å². The summed E-state index contributed by atoms with van der Waals surface area (Å²) in [6.07, 6.45) is 14.2. The van der Waals surface area contributed by atoms with Gasteiger partial charge in [0.1, 0.15) is 0 Å². The number of nitrogens with two attached hydrogens (primary N) is 1. The number of hydrogen-bond donors (Lipinski definition) is 2. The van der Waals surface area contributed by atoms with Crippen molar-refractivity contribution in [2.24, 2.45) is 58.0 Å². The number of hydrogen-bond acceptors (Lipinski definition) is 2. The quantitative estimate of drug-likeness (QED) is 0.557. The van der Waals surface area contributed by atoms with E-state index in [2.05, 4.69) is 34.6 Å². The summed E-state index contributed by atoms with van der Waals surface area (Å²) < 4.78 is 0. The van der Waals surface area contributed by atoms with Gasteiger partial charge in [0, 0.05) is 6.04 Å². The summed E-state index contributed by atoms with van der Waals surface area (Å²) in [5.74, 6) is 5.65. The van der Waals surface area contributed by atoms with Crippen molar-refractivity contribution in [3.8, 4) is 0 Å². The molecule has 0 aromatic rings. The van der Waals surface area contributed by atoms with Crippen LogP contribution in [0.15, 0.2) is 0 Å². The minimum Gasteiger partial charge on any atom is -0.393 e.